The highest BCUT2D eigenvalue weighted by atomic mass is 15.2. The summed E-state index contributed by atoms with van der Waals surface area (Å²) < 4.78 is 0. The number of aryl methyl sites for hydroxylation is 2. The Labute approximate surface area is 511 Å². The smallest absolute Gasteiger partial charge is 0.252 e. The van der Waals surface area contributed by atoms with Crippen molar-refractivity contribution < 1.29 is 0 Å². The molecule has 8 aromatic rings. The van der Waals surface area contributed by atoms with Crippen LogP contribution in [-0.4, -0.2) is 6.71 Å². The number of anilines is 9. The predicted octanol–water partition coefficient (Wildman–Crippen LogP) is 20.5. The maximum Gasteiger partial charge on any atom is 0.252 e. The molecule has 2 aliphatic heterocycles. The van der Waals surface area contributed by atoms with Crippen molar-refractivity contribution in [3.05, 3.63) is 201 Å². The number of hydrogen-bond donors (Lipinski definition) is 0. The Hall–Kier alpha value is -6.78. The first-order chi connectivity index (χ1) is 39.8. The second-order valence-corrected chi connectivity index (χ2v) is 32.7. The Bertz CT molecular complexity index is 4100. The van der Waals surface area contributed by atoms with Crippen LogP contribution in [0.4, 0.5) is 51.2 Å². The molecule has 2 heterocycles. The molecule has 0 saturated heterocycles. The number of para-hydroxylation sites is 2. The van der Waals surface area contributed by atoms with E-state index in [0.29, 0.717) is 0 Å². The molecule has 6 aliphatic rings. The first kappa shape index (κ1) is 56.1. The van der Waals surface area contributed by atoms with E-state index >= 15 is 0 Å². The first-order valence-electron chi connectivity index (χ1n) is 32.3. The molecule has 0 fully saturated rings. The zero-order valence-corrected chi connectivity index (χ0v) is 54.9. The third-order valence-electron chi connectivity index (χ3n) is 22.8. The molecule has 0 atom stereocenters. The second kappa shape index (κ2) is 18.2. The maximum atomic E-state index is 2.79. The molecule has 0 N–H and O–H groups in total. The molecular formula is C81H92BN3. The lowest BCUT2D eigenvalue weighted by molar-refractivity contribution is 0.332. The summed E-state index contributed by atoms with van der Waals surface area (Å²) in [5.74, 6) is 0. The molecule has 434 valence electrons. The van der Waals surface area contributed by atoms with Crippen molar-refractivity contribution in [2.45, 2.75) is 213 Å². The summed E-state index contributed by atoms with van der Waals surface area (Å²) in [4.78, 5) is 8.15. The zero-order chi connectivity index (χ0) is 60.2. The number of fused-ring (bicyclic) bond motifs is 10. The summed E-state index contributed by atoms with van der Waals surface area (Å²) in [5.41, 5.74) is 33.6. The summed E-state index contributed by atoms with van der Waals surface area (Å²) in [6, 6.07) is 56.5. The van der Waals surface area contributed by atoms with Gasteiger partial charge in [-0.1, -0.05) is 197 Å². The van der Waals surface area contributed by atoms with Gasteiger partial charge in [-0.15, -0.1) is 0 Å². The van der Waals surface area contributed by atoms with Crippen LogP contribution in [0.3, 0.4) is 0 Å². The highest BCUT2D eigenvalue weighted by Gasteiger charge is 2.50. The van der Waals surface area contributed by atoms with E-state index in [-0.39, 0.29) is 50.0 Å². The Kier molecular flexibility index (Phi) is 12.0. The van der Waals surface area contributed by atoms with Crippen LogP contribution >= 0.6 is 0 Å². The van der Waals surface area contributed by atoms with E-state index in [1.54, 1.807) is 0 Å². The molecule has 0 bridgehead atoms. The van der Waals surface area contributed by atoms with Crippen LogP contribution in [0.15, 0.2) is 140 Å². The minimum atomic E-state index is -0.169. The lowest BCUT2D eigenvalue weighted by Gasteiger charge is -2.49. The highest BCUT2D eigenvalue weighted by molar-refractivity contribution is 7.00. The monoisotopic (exact) mass is 1120 g/mol. The molecule has 0 saturated carbocycles. The van der Waals surface area contributed by atoms with Crippen LogP contribution in [-0.2, 0) is 43.3 Å². The summed E-state index contributed by atoms with van der Waals surface area (Å²) in [6.45, 7) is 46.9. The van der Waals surface area contributed by atoms with Gasteiger partial charge in [0.1, 0.15) is 0 Å². The fourth-order valence-corrected chi connectivity index (χ4v) is 17.2. The first-order valence-corrected chi connectivity index (χ1v) is 32.3. The van der Waals surface area contributed by atoms with Crippen molar-refractivity contribution >= 4 is 74.3 Å². The third kappa shape index (κ3) is 8.24. The van der Waals surface area contributed by atoms with E-state index in [4.69, 9.17) is 0 Å². The van der Waals surface area contributed by atoms with E-state index in [1.807, 2.05) is 0 Å². The van der Waals surface area contributed by atoms with E-state index < -0.39 is 0 Å². The minimum Gasteiger partial charge on any atom is -0.311 e. The molecule has 0 amide bonds. The van der Waals surface area contributed by atoms with E-state index in [1.165, 1.54) is 141 Å². The standard InChI is InChI=1S/C81H92BN3/c1-49-26-20-24-30-66(49)84(67-31-25-21-27-50(67)2)53-43-70-73-71(44-53)85(52-40-55-54-28-22-23-29-56(54)81(18,19)72(55)63(42-52)74(3,4)5)69-48-62-60(78(12,13)37-39-80(62,16)17)46-65(69)82(73)64-45-59-61(79(14,15)38-36-77(59,10)11)47-68(64)83(70)51-32-33-57-58(41-51)76(8,9)35-34-75(57,6)7/h20-33,40-48H,34-39H2,1-19H3. The molecule has 0 unspecified atom stereocenters. The minimum absolute atomic E-state index is 0.00333. The highest BCUT2D eigenvalue weighted by Crippen LogP contribution is 2.59. The van der Waals surface area contributed by atoms with Crippen LogP contribution in [0.2, 0.25) is 0 Å². The van der Waals surface area contributed by atoms with Gasteiger partial charge in [-0.2, -0.15) is 0 Å². The number of benzene rings is 8. The average molecular weight is 1120 g/mol. The van der Waals surface area contributed by atoms with Crippen LogP contribution in [0, 0.1) is 13.8 Å². The van der Waals surface area contributed by atoms with Crippen molar-refractivity contribution in [3.8, 4) is 11.1 Å². The normalized spacial score (nSPS) is 19.8. The molecule has 4 aliphatic carbocycles. The van der Waals surface area contributed by atoms with Gasteiger partial charge in [0.2, 0.25) is 0 Å². The van der Waals surface area contributed by atoms with Crippen LogP contribution < -0.4 is 31.1 Å². The molecule has 0 aromatic heterocycles. The molecule has 0 radical (unpaired) electrons. The fourth-order valence-electron chi connectivity index (χ4n) is 17.2. The van der Waals surface area contributed by atoms with Crippen molar-refractivity contribution in [1.29, 1.82) is 0 Å². The summed E-state index contributed by atoms with van der Waals surface area (Å²) in [5, 5.41) is 0. The topological polar surface area (TPSA) is 9.72 Å². The van der Waals surface area contributed by atoms with Gasteiger partial charge in [-0.25, -0.2) is 0 Å². The zero-order valence-electron chi connectivity index (χ0n) is 54.9. The van der Waals surface area contributed by atoms with Gasteiger partial charge in [0.05, 0.1) is 5.69 Å². The van der Waals surface area contributed by atoms with Crippen LogP contribution in [0.1, 0.15) is 217 Å². The van der Waals surface area contributed by atoms with E-state index in [2.05, 4.69) is 286 Å². The summed E-state index contributed by atoms with van der Waals surface area (Å²) in [6.07, 6.45) is 6.93. The summed E-state index contributed by atoms with van der Waals surface area (Å²) in [7, 11) is 0. The molecule has 85 heavy (non-hydrogen) atoms. The molecular weight excluding hydrogens is 1030 g/mol. The molecule has 3 nitrogen and oxygen atoms in total. The Morgan fingerprint density at radius 1 is 0.388 bits per heavy atom. The fraction of sp³-hybridized carbons (Fsp3) is 0.407. The Morgan fingerprint density at radius 2 is 0.812 bits per heavy atom. The van der Waals surface area contributed by atoms with Gasteiger partial charge in [0, 0.05) is 50.9 Å². The molecule has 14 rings (SSSR count). The largest absolute Gasteiger partial charge is 0.311 e. The predicted molar refractivity (Wildman–Crippen MR) is 367 cm³/mol. The van der Waals surface area contributed by atoms with E-state index in [0.717, 1.165) is 37.8 Å². The van der Waals surface area contributed by atoms with Gasteiger partial charge < -0.3 is 14.7 Å². The number of nitrogens with zero attached hydrogens (tertiary/aromatic N) is 3. The number of rotatable bonds is 5. The quantitative estimate of drug-likeness (QED) is 0.159. The SMILES string of the molecule is Cc1ccccc1N(c1cc2c3c(c1)N(c1ccc4c(c1)C(C)(C)CCC4(C)C)c1cc4c(cc1B3c1cc3c(cc1N2c1cc2c(c(C(C)(C)C)c1)C(C)(C)c1ccccc1-2)C(C)(C)CCC3(C)C)C(C)(C)CCC4(C)C)c1ccccc1C. The van der Waals surface area contributed by atoms with Crippen molar-refractivity contribution in [3.63, 3.8) is 0 Å². The average Bonchev–Trinajstić information content (AvgIpc) is 1.28. The van der Waals surface area contributed by atoms with Crippen LogP contribution in [0.25, 0.3) is 11.1 Å². The third-order valence-corrected chi connectivity index (χ3v) is 22.8. The molecule has 8 aromatic carbocycles. The van der Waals surface area contributed by atoms with Gasteiger partial charge >= 0.3 is 0 Å². The van der Waals surface area contributed by atoms with E-state index in [9.17, 15) is 0 Å². The molecule has 0 spiro atoms. The van der Waals surface area contributed by atoms with Gasteiger partial charge in [-0.05, 0) is 240 Å². The van der Waals surface area contributed by atoms with Crippen molar-refractivity contribution in [2.75, 3.05) is 14.7 Å². The summed E-state index contributed by atoms with van der Waals surface area (Å²) >= 11 is 0. The maximum absolute atomic E-state index is 2.79. The van der Waals surface area contributed by atoms with Gasteiger partial charge in [0.25, 0.3) is 6.71 Å². The number of hydrogen-bond acceptors (Lipinski definition) is 3. The lowest BCUT2D eigenvalue weighted by Crippen LogP contribution is -2.62. The second-order valence-electron chi connectivity index (χ2n) is 32.7. The Balaban J connectivity index is 1.19. The Morgan fingerprint density at radius 3 is 1.29 bits per heavy atom. The molecule has 4 heteroatoms. The van der Waals surface area contributed by atoms with Gasteiger partial charge in [0.15, 0.2) is 0 Å². The van der Waals surface area contributed by atoms with Crippen LogP contribution in [0.5, 0.6) is 0 Å². The van der Waals surface area contributed by atoms with Crippen molar-refractivity contribution in [1.82, 2.24) is 0 Å². The lowest BCUT2D eigenvalue weighted by atomic mass is 9.32. The van der Waals surface area contributed by atoms with Gasteiger partial charge in [-0.3, -0.25) is 0 Å². The van der Waals surface area contributed by atoms with Crippen molar-refractivity contribution in [2.24, 2.45) is 0 Å².